The van der Waals surface area contributed by atoms with E-state index in [0.29, 0.717) is 38.5 Å². The Kier molecular flexibility index (Phi) is 7.05. The first-order valence-electron chi connectivity index (χ1n) is 6.04. The highest BCUT2D eigenvalue weighted by Crippen LogP contribution is 2.01. The highest BCUT2D eigenvalue weighted by atomic mass is 16.5. The van der Waals surface area contributed by atoms with Crippen molar-refractivity contribution < 1.29 is 19.0 Å². The molecule has 0 saturated heterocycles. The summed E-state index contributed by atoms with van der Waals surface area (Å²) in [5, 5.41) is 4.09. The Labute approximate surface area is 107 Å². The number of ether oxygens (including phenoxy) is 3. The zero-order chi connectivity index (χ0) is 13.2. The van der Waals surface area contributed by atoms with Crippen molar-refractivity contribution >= 4 is 5.97 Å². The molecule has 0 spiro atoms. The molecule has 0 bridgehead atoms. The van der Waals surface area contributed by atoms with Crippen LogP contribution in [0.25, 0.3) is 0 Å². The number of aryl methyl sites for hydroxylation is 1. The monoisotopic (exact) mass is 256 g/mol. The Hall–Kier alpha value is -1.40. The lowest BCUT2D eigenvalue weighted by molar-refractivity contribution is 0.0526. The number of carbonyl (C=O) groups is 1. The highest BCUT2D eigenvalue weighted by Gasteiger charge is 2.08. The molecule has 102 valence electrons. The second-order valence-corrected chi connectivity index (χ2v) is 3.67. The number of esters is 1. The Morgan fingerprint density at radius 2 is 2.22 bits per heavy atom. The summed E-state index contributed by atoms with van der Waals surface area (Å²) in [4.78, 5) is 11.4. The smallest absolute Gasteiger partial charge is 0.341 e. The lowest BCUT2D eigenvalue weighted by Crippen LogP contribution is -2.07. The molecule has 0 N–H and O–H groups in total. The molecule has 1 aromatic rings. The van der Waals surface area contributed by atoms with Crippen molar-refractivity contribution in [2.24, 2.45) is 0 Å². The van der Waals surface area contributed by atoms with Gasteiger partial charge in [0.15, 0.2) is 0 Å². The van der Waals surface area contributed by atoms with Gasteiger partial charge in [-0.15, -0.1) is 0 Å². The van der Waals surface area contributed by atoms with Crippen LogP contribution in [-0.4, -0.2) is 49.3 Å². The van der Waals surface area contributed by atoms with Gasteiger partial charge in [0.2, 0.25) is 0 Å². The van der Waals surface area contributed by atoms with Gasteiger partial charge in [-0.2, -0.15) is 5.10 Å². The second kappa shape index (κ2) is 8.66. The summed E-state index contributed by atoms with van der Waals surface area (Å²) in [5.41, 5.74) is 0.483. The number of hydrogen-bond donors (Lipinski definition) is 0. The largest absolute Gasteiger partial charge is 0.462 e. The van der Waals surface area contributed by atoms with E-state index in [9.17, 15) is 4.79 Å². The summed E-state index contributed by atoms with van der Waals surface area (Å²) in [6.45, 7) is 4.72. The highest BCUT2D eigenvalue weighted by molar-refractivity contribution is 5.88. The number of methoxy groups -OCH3 is 1. The third-order valence-corrected chi connectivity index (χ3v) is 2.25. The lowest BCUT2D eigenvalue weighted by Gasteiger charge is -2.03. The maximum absolute atomic E-state index is 11.4. The van der Waals surface area contributed by atoms with E-state index in [2.05, 4.69) is 5.10 Å². The van der Waals surface area contributed by atoms with Crippen molar-refractivity contribution in [3.8, 4) is 0 Å². The number of carbonyl (C=O) groups excluding carboxylic acids is 1. The SMILES string of the molecule is CCOC(=O)c1cnn(CCCOCCOC)c1. The lowest BCUT2D eigenvalue weighted by atomic mass is 10.4. The fourth-order valence-corrected chi connectivity index (χ4v) is 1.38. The fraction of sp³-hybridized carbons (Fsp3) is 0.667. The minimum Gasteiger partial charge on any atom is -0.462 e. The van der Waals surface area contributed by atoms with Crippen LogP contribution < -0.4 is 0 Å². The molecule has 0 aliphatic carbocycles. The molecule has 0 atom stereocenters. The van der Waals surface area contributed by atoms with E-state index in [0.717, 1.165) is 6.42 Å². The quantitative estimate of drug-likeness (QED) is 0.489. The minimum atomic E-state index is -0.333. The summed E-state index contributed by atoms with van der Waals surface area (Å²) < 4.78 is 16.8. The zero-order valence-corrected chi connectivity index (χ0v) is 10.9. The standard InChI is InChI=1S/C12H20N2O4/c1-3-18-12(15)11-9-13-14(10-11)5-4-6-17-8-7-16-2/h9-10H,3-8H2,1-2H3. The molecule has 1 rings (SSSR count). The molecule has 0 fully saturated rings. The third-order valence-electron chi connectivity index (χ3n) is 2.25. The van der Waals surface area contributed by atoms with Gasteiger partial charge in [0.1, 0.15) is 0 Å². The van der Waals surface area contributed by atoms with Crippen molar-refractivity contribution in [2.45, 2.75) is 19.9 Å². The molecule has 0 aromatic carbocycles. The number of hydrogen-bond acceptors (Lipinski definition) is 5. The van der Waals surface area contributed by atoms with E-state index in [1.165, 1.54) is 6.20 Å². The van der Waals surface area contributed by atoms with E-state index in [-0.39, 0.29) is 5.97 Å². The Balaban J connectivity index is 2.21. The van der Waals surface area contributed by atoms with Crippen LogP contribution in [0.1, 0.15) is 23.7 Å². The van der Waals surface area contributed by atoms with Crippen LogP contribution in [0.4, 0.5) is 0 Å². The van der Waals surface area contributed by atoms with Crippen molar-refractivity contribution in [3.05, 3.63) is 18.0 Å². The molecular formula is C12H20N2O4. The average Bonchev–Trinajstić information content (AvgIpc) is 2.83. The maximum atomic E-state index is 11.4. The van der Waals surface area contributed by atoms with E-state index >= 15 is 0 Å². The fourth-order valence-electron chi connectivity index (χ4n) is 1.38. The van der Waals surface area contributed by atoms with Gasteiger partial charge in [-0.25, -0.2) is 4.79 Å². The van der Waals surface area contributed by atoms with Crippen LogP contribution in [0.5, 0.6) is 0 Å². The molecule has 0 saturated carbocycles. The molecule has 6 heteroatoms. The minimum absolute atomic E-state index is 0.333. The van der Waals surface area contributed by atoms with E-state index in [1.807, 2.05) is 0 Å². The predicted molar refractivity (Wildman–Crippen MR) is 65.5 cm³/mol. The third kappa shape index (κ3) is 5.29. The molecule has 0 unspecified atom stereocenters. The van der Waals surface area contributed by atoms with Gasteiger partial charge in [0.25, 0.3) is 0 Å². The van der Waals surface area contributed by atoms with Crippen LogP contribution in [0.3, 0.4) is 0 Å². The van der Waals surface area contributed by atoms with Crippen LogP contribution in [0.15, 0.2) is 12.4 Å². The van der Waals surface area contributed by atoms with Gasteiger partial charge in [-0.1, -0.05) is 0 Å². The summed E-state index contributed by atoms with van der Waals surface area (Å²) in [7, 11) is 1.64. The molecule has 6 nitrogen and oxygen atoms in total. The summed E-state index contributed by atoms with van der Waals surface area (Å²) >= 11 is 0. The summed E-state index contributed by atoms with van der Waals surface area (Å²) in [6.07, 6.45) is 4.05. The van der Waals surface area contributed by atoms with E-state index < -0.39 is 0 Å². The topological polar surface area (TPSA) is 62.6 Å². The van der Waals surface area contributed by atoms with Gasteiger partial charge in [-0.3, -0.25) is 4.68 Å². The van der Waals surface area contributed by atoms with Gasteiger partial charge < -0.3 is 14.2 Å². The molecular weight excluding hydrogens is 236 g/mol. The molecule has 1 aromatic heterocycles. The Morgan fingerprint density at radius 1 is 1.39 bits per heavy atom. The second-order valence-electron chi connectivity index (χ2n) is 3.67. The van der Waals surface area contributed by atoms with Gasteiger partial charge in [0, 0.05) is 26.5 Å². The number of rotatable bonds is 9. The molecule has 0 radical (unpaired) electrons. The Bertz CT molecular complexity index is 352. The normalized spacial score (nSPS) is 10.6. The first-order chi connectivity index (χ1) is 8.77. The van der Waals surface area contributed by atoms with Crippen molar-refractivity contribution in [1.82, 2.24) is 9.78 Å². The summed E-state index contributed by atoms with van der Waals surface area (Å²) in [5.74, 6) is -0.333. The van der Waals surface area contributed by atoms with Gasteiger partial charge in [-0.05, 0) is 13.3 Å². The van der Waals surface area contributed by atoms with E-state index in [4.69, 9.17) is 14.2 Å². The van der Waals surface area contributed by atoms with Crippen molar-refractivity contribution in [3.63, 3.8) is 0 Å². The number of aromatic nitrogens is 2. The van der Waals surface area contributed by atoms with Crippen LogP contribution in [0, 0.1) is 0 Å². The molecule has 1 heterocycles. The average molecular weight is 256 g/mol. The van der Waals surface area contributed by atoms with Gasteiger partial charge in [0.05, 0.1) is 31.6 Å². The van der Waals surface area contributed by atoms with Crippen LogP contribution in [-0.2, 0) is 20.8 Å². The van der Waals surface area contributed by atoms with Crippen LogP contribution in [0.2, 0.25) is 0 Å². The first kappa shape index (κ1) is 14.7. The first-order valence-corrected chi connectivity index (χ1v) is 6.04. The zero-order valence-electron chi connectivity index (χ0n) is 10.9. The molecule has 18 heavy (non-hydrogen) atoms. The Morgan fingerprint density at radius 3 is 2.94 bits per heavy atom. The molecule has 0 aliphatic heterocycles. The van der Waals surface area contributed by atoms with Crippen LogP contribution >= 0.6 is 0 Å². The maximum Gasteiger partial charge on any atom is 0.341 e. The van der Waals surface area contributed by atoms with Gasteiger partial charge >= 0.3 is 5.97 Å². The molecule has 0 amide bonds. The number of nitrogens with zero attached hydrogens (tertiary/aromatic N) is 2. The van der Waals surface area contributed by atoms with E-state index in [1.54, 1.807) is 24.9 Å². The van der Waals surface area contributed by atoms with Crippen molar-refractivity contribution in [2.75, 3.05) is 33.5 Å². The predicted octanol–water partition coefficient (Wildman–Crippen LogP) is 1.11. The summed E-state index contributed by atoms with van der Waals surface area (Å²) in [6, 6.07) is 0. The molecule has 0 aliphatic rings. The van der Waals surface area contributed by atoms with Crippen molar-refractivity contribution in [1.29, 1.82) is 0 Å².